The summed E-state index contributed by atoms with van der Waals surface area (Å²) in [7, 11) is -3.82. The molecule has 0 saturated carbocycles. The summed E-state index contributed by atoms with van der Waals surface area (Å²) in [6, 6.07) is 16.9. The number of anilines is 1. The number of piperidine rings is 1. The van der Waals surface area contributed by atoms with Crippen LogP contribution in [0.5, 0.6) is 0 Å². The average Bonchev–Trinajstić information content (AvgIpc) is 3.36. The summed E-state index contributed by atoms with van der Waals surface area (Å²) in [5.74, 6) is 0.492. The van der Waals surface area contributed by atoms with Crippen LogP contribution in [-0.2, 0) is 10.0 Å². The van der Waals surface area contributed by atoms with E-state index in [0.29, 0.717) is 17.8 Å². The van der Waals surface area contributed by atoms with Gasteiger partial charge in [-0.2, -0.15) is 0 Å². The third kappa shape index (κ3) is 5.83. The lowest BCUT2D eigenvalue weighted by atomic mass is 10.1. The van der Waals surface area contributed by atoms with E-state index in [2.05, 4.69) is 14.9 Å². The Balaban J connectivity index is 1.46. The predicted octanol–water partition coefficient (Wildman–Crippen LogP) is 4.35. The van der Waals surface area contributed by atoms with Crippen LogP contribution in [0.1, 0.15) is 47.0 Å². The normalized spacial score (nSPS) is 15.7. The van der Waals surface area contributed by atoms with Gasteiger partial charge in [-0.25, -0.2) is 8.42 Å². The Labute approximate surface area is 194 Å². The summed E-state index contributed by atoms with van der Waals surface area (Å²) in [4.78, 5) is 15.3. The first-order valence-electron chi connectivity index (χ1n) is 11.2. The molecule has 4 rings (SSSR count). The van der Waals surface area contributed by atoms with Gasteiger partial charge in [-0.05, 0) is 75.3 Å². The molecule has 0 bridgehead atoms. The first-order chi connectivity index (χ1) is 15.9. The maximum Gasteiger partial charge on any atom is 0.261 e. The number of hydrogen-bond donors (Lipinski definition) is 2. The Morgan fingerprint density at radius 3 is 2.48 bits per heavy atom. The number of benzene rings is 2. The summed E-state index contributed by atoms with van der Waals surface area (Å²) in [6.07, 6.45) is 5.10. The Bertz CT molecular complexity index is 1170. The molecule has 1 fully saturated rings. The van der Waals surface area contributed by atoms with Gasteiger partial charge in [0.05, 0.1) is 17.2 Å². The van der Waals surface area contributed by atoms with Gasteiger partial charge >= 0.3 is 0 Å². The van der Waals surface area contributed by atoms with E-state index in [0.717, 1.165) is 37.3 Å². The van der Waals surface area contributed by atoms with Gasteiger partial charge in [0.25, 0.3) is 15.9 Å². The lowest BCUT2D eigenvalue weighted by Gasteiger charge is -2.33. The van der Waals surface area contributed by atoms with E-state index in [1.54, 1.807) is 30.5 Å². The molecule has 2 N–H and O–H groups in total. The molecule has 0 radical (unpaired) electrons. The van der Waals surface area contributed by atoms with Crippen molar-refractivity contribution in [3.63, 3.8) is 0 Å². The van der Waals surface area contributed by atoms with E-state index in [-0.39, 0.29) is 16.8 Å². The topological polar surface area (TPSA) is 91.6 Å². The number of nitrogens with one attached hydrogen (secondary N) is 2. The molecule has 1 atom stereocenters. The molecule has 1 saturated heterocycles. The largest absolute Gasteiger partial charge is 0.468 e. The molecular weight excluding hydrogens is 438 g/mol. The molecule has 0 spiro atoms. The van der Waals surface area contributed by atoms with Crippen LogP contribution in [0.3, 0.4) is 0 Å². The summed E-state index contributed by atoms with van der Waals surface area (Å²) in [5, 5.41) is 2.96. The summed E-state index contributed by atoms with van der Waals surface area (Å²) >= 11 is 0. The summed E-state index contributed by atoms with van der Waals surface area (Å²) in [5.41, 5.74) is 1.80. The molecule has 1 aliphatic heterocycles. The number of carbonyl (C=O) groups excluding carboxylic acids is 1. The van der Waals surface area contributed by atoms with Gasteiger partial charge in [-0.1, -0.05) is 30.2 Å². The highest BCUT2D eigenvalue weighted by molar-refractivity contribution is 7.92. The lowest BCUT2D eigenvalue weighted by Crippen LogP contribution is -2.40. The van der Waals surface area contributed by atoms with Crippen molar-refractivity contribution in [3.05, 3.63) is 83.8 Å². The highest BCUT2D eigenvalue weighted by atomic mass is 32.2. The lowest BCUT2D eigenvalue weighted by molar-refractivity contribution is 0.0914. The molecular formula is C25H29N3O4S. The summed E-state index contributed by atoms with van der Waals surface area (Å²) in [6.45, 7) is 4.23. The molecule has 1 aliphatic rings. The maximum atomic E-state index is 12.9. The Morgan fingerprint density at radius 2 is 1.79 bits per heavy atom. The fourth-order valence-electron chi connectivity index (χ4n) is 4.05. The predicted molar refractivity (Wildman–Crippen MR) is 128 cm³/mol. The Hall–Kier alpha value is -3.10. The SMILES string of the molecule is Cc1ccc(NS(=O)(=O)c2cccc(C(=O)NC[C@H](c3ccco3)N3CCCCC3)c2)cc1. The van der Waals surface area contributed by atoms with Crippen LogP contribution in [0, 0.1) is 6.92 Å². The fourth-order valence-corrected chi connectivity index (χ4v) is 5.16. The van der Waals surface area contributed by atoms with Crippen LogP contribution < -0.4 is 10.0 Å². The van der Waals surface area contributed by atoms with Gasteiger partial charge < -0.3 is 9.73 Å². The van der Waals surface area contributed by atoms with Crippen molar-refractivity contribution in [2.75, 3.05) is 24.4 Å². The number of aryl methyl sites for hydroxylation is 1. The number of nitrogens with zero attached hydrogens (tertiary/aromatic N) is 1. The number of furan rings is 1. The third-order valence-electron chi connectivity index (χ3n) is 5.87. The molecule has 0 aliphatic carbocycles. The molecule has 8 heteroatoms. The second-order valence-electron chi connectivity index (χ2n) is 8.34. The molecule has 0 unspecified atom stereocenters. The van der Waals surface area contributed by atoms with E-state index in [1.807, 2.05) is 31.2 Å². The van der Waals surface area contributed by atoms with Gasteiger partial charge in [0.15, 0.2) is 0 Å². The van der Waals surface area contributed by atoms with E-state index in [1.165, 1.54) is 18.6 Å². The third-order valence-corrected chi connectivity index (χ3v) is 7.25. The van der Waals surface area contributed by atoms with Crippen LogP contribution in [-0.4, -0.2) is 38.9 Å². The highest BCUT2D eigenvalue weighted by Crippen LogP contribution is 2.25. The quantitative estimate of drug-likeness (QED) is 0.514. The van der Waals surface area contributed by atoms with Crippen molar-refractivity contribution in [1.29, 1.82) is 0 Å². The molecule has 2 aromatic carbocycles. The molecule has 7 nitrogen and oxygen atoms in total. The molecule has 33 heavy (non-hydrogen) atoms. The molecule has 1 amide bonds. The van der Waals surface area contributed by atoms with E-state index >= 15 is 0 Å². The van der Waals surface area contributed by atoms with Gasteiger partial charge in [0.1, 0.15) is 5.76 Å². The van der Waals surface area contributed by atoms with E-state index in [9.17, 15) is 13.2 Å². The monoisotopic (exact) mass is 467 g/mol. The number of sulfonamides is 1. The van der Waals surface area contributed by atoms with Crippen molar-refractivity contribution in [1.82, 2.24) is 10.2 Å². The Morgan fingerprint density at radius 1 is 1.03 bits per heavy atom. The van der Waals surface area contributed by atoms with Crippen molar-refractivity contribution in [3.8, 4) is 0 Å². The van der Waals surface area contributed by atoms with E-state index < -0.39 is 10.0 Å². The minimum absolute atomic E-state index is 0.0364. The van der Waals surface area contributed by atoms with Gasteiger partial charge in [-0.3, -0.25) is 14.4 Å². The maximum absolute atomic E-state index is 12.9. The number of likely N-dealkylation sites (tertiary alicyclic amines) is 1. The van der Waals surface area contributed by atoms with Crippen LogP contribution in [0.2, 0.25) is 0 Å². The fraction of sp³-hybridized carbons (Fsp3) is 0.320. The average molecular weight is 468 g/mol. The van der Waals surface area contributed by atoms with Crippen molar-refractivity contribution < 1.29 is 17.6 Å². The number of amides is 1. The first kappa shape index (κ1) is 23.1. The van der Waals surface area contributed by atoms with Gasteiger partial charge in [-0.15, -0.1) is 0 Å². The number of rotatable bonds is 8. The molecule has 174 valence electrons. The number of hydrogen-bond acceptors (Lipinski definition) is 5. The number of carbonyl (C=O) groups is 1. The van der Waals surface area contributed by atoms with Crippen LogP contribution in [0.4, 0.5) is 5.69 Å². The summed E-state index contributed by atoms with van der Waals surface area (Å²) < 4.78 is 33.9. The minimum atomic E-state index is -3.82. The zero-order chi connectivity index (χ0) is 23.3. The first-order valence-corrected chi connectivity index (χ1v) is 12.7. The zero-order valence-electron chi connectivity index (χ0n) is 18.7. The van der Waals surface area contributed by atoms with Crippen LogP contribution >= 0.6 is 0 Å². The van der Waals surface area contributed by atoms with Gasteiger partial charge in [0, 0.05) is 17.8 Å². The molecule has 3 aromatic rings. The Kier molecular flexibility index (Phi) is 7.15. The second-order valence-corrected chi connectivity index (χ2v) is 10.0. The van der Waals surface area contributed by atoms with Gasteiger partial charge in [0.2, 0.25) is 0 Å². The zero-order valence-corrected chi connectivity index (χ0v) is 19.5. The highest BCUT2D eigenvalue weighted by Gasteiger charge is 2.25. The smallest absolute Gasteiger partial charge is 0.261 e. The standard InChI is InChI=1S/C25H29N3O4S/c1-19-10-12-21(13-11-19)27-33(30,31)22-8-5-7-20(17-22)25(29)26-18-23(24-9-6-16-32-24)28-14-3-2-4-15-28/h5-13,16-17,23,27H,2-4,14-15,18H2,1H3,(H,26,29)/t23-/m1/s1. The molecule has 1 aromatic heterocycles. The van der Waals surface area contributed by atoms with Crippen molar-refractivity contribution in [2.24, 2.45) is 0 Å². The van der Waals surface area contributed by atoms with E-state index in [4.69, 9.17) is 4.42 Å². The van der Waals surface area contributed by atoms with Crippen molar-refractivity contribution >= 4 is 21.6 Å². The minimum Gasteiger partial charge on any atom is -0.468 e. The molecule has 2 heterocycles. The van der Waals surface area contributed by atoms with Crippen LogP contribution in [0.25, 0.3) is 0 Å². The van der Waals surface area contributed by atoms with Crippen molar-refractivity contribution in [2.45, 2.75) is 37.1 Å². The second kappa shape index (κ2) is 10.2. The van der Waals surface area contributed by atoms with Crippen LogP contribution in [0.15, 0.2) is 76.2 Å².